The van der Waals surface area contributed by atoms with Gasteiger partial charge in [-0.15, -0.1) is 0 Å². The summed E-state index contributed by atoms with van der Waals surface area (Å²) in [6.07, 6.45) is 0. The summed E-state index contributed by atoms with van der Waals surface area (Å²) in [5.74, 6) is 1.35. The van der Waals surface area contributed by atoms with Gasteiger partial charge >= 0.3 is 6.03 Å². The molecule has 2 heterocycles. The first-order valence-corrected chi connectivity index (χ1v) is 11.0. The van der Waals surface area contributed by atoms with E-state index in [0.29, 0.717) is 34.2 Å². The highest BCUT2D eigenvalue weighted by atomic mass is 16.7. The smallest absolute Gasteiger partial charge is 0.325 e. The normalized spacial score (nSPS) is 18.4. The van der Waals surface area contributed by atoms with Crippen LogP contribution in [-0.4, -0.2) is 36.1 Å². The Labute approximate surface area is 201 Å². The van der Waals surface area contributed by atoms with Gasteiger partial charge in [-0.3, -0.25) is 14.5 Å². The van der Waals surface area contributed by atoms with Crippen LogP contribution in [-0.2, 0) is 15.1 Å². The summed E-state index contributed by atoms with van der Waals surface area (Å²) in [5.41, 5.74) is 0.855. The van der Waals surface area contributed by atoms with Crippen molar-refractivity contribution in [1.29, 1.82) is 0 Å². The van der Waals surface area contributed by atoms with Gasteiger partial charge in [-0.05, 0) is 67.9 Å². The zero-order chi connectivity index (χ0) is 24.6. The van der Waals surface area contributed by atoms with Crippen molar-refractivity contribution in [3.63, 3.8) is 0 Å². The summed E-state index contributed by atoms with van der Waals surface area (Å²) in [5, 5.41) is 5.39. The first-order valence-electron chi connectivity index (χ1n) is 11.0. The first-order chi connectivity index (χ1) is 16.8. The molecular weight excluding hydrogens is 450 g/mol. The van der Waals surface area contributed by atoms with Crippen molar-refractivity contribution in [3.8, 4) is 23.0 Å². The molecule has 2 N–H and O–H groups in total. The molecule has 178 valence electrons. The van der Waals surface area contributed by atoms with Crippen molar-refractivity contribution in [2.75, 3.05) is 18.7 Å². The molecule has 4 amide bonds. The third kappa shape index (κ3) is 4.35. The summed E-state index contributed by atoms with van der Waals surface area (Å²) >= 11 is 0. The van der Waals surface area contributed by atoms with Crippen LogP contribution in [0.15, 0.2) is 66.7 Å². The molecule has 2 aliphatic rings. The maximum atomic E-state index is 13.1. The first kappa shape index (κ1) is 22.3. The lowest BCUT2D eigenvalue weighted by Gasteiger charge is -2.22. The minimum atomic E-state index is -1.33. The predicted octanol–water partition coefficient (Wildman–Crippen LogP) is 3.92. The average Bonchev–Trinajstić information content (AvgIpc) is 3.40. The zero-order valence-corrected chi connectivity index (χ0v) is 19.2. The lowest BCUT2D eigenvalue weighted by Crippen LogP contribution is -2.42. The van der Waals surface area contributed by atoms with Crippen molar-refractivity contribution >= 4 is 23.5 Å². The van der Waals surface area contributed by atoms with E-state index in [4.69, 9.17) is 14.2 Å². The Morgan fingerprint density at radius 3 is 2.37 bits per heavy atom. The number of ether oxygens (including phenoxy) is 3. The van der Waals surface area contributed by atoms with Crippen LogP contribution in [0, 0.1) is 6.92 Å². The Hall–Kier alpha value is -4.53. The number of rotatable bonds is 6. The number of urea groups is 1. The maximum absolute atomic E-state index is 13.1. The molecule has 0 radical (unpaired) electrons. The van der Waals surface area contributed by atoms with Gasteiger partial charge in [0, 0.05) is 5.69 Å². The molecule has 5 rings (SSSR count). The minimum absolute atomic E-state index is 0.0984. The molecule has 35 heavy (non-hydrogen) atoms. The molecule has 1 saturated heterocycles. The Morgan fingerprint density at radius 2 is 1.66 bits per heavy atom. The molecule has 0 bridgehead atoms. The van der Waals surface area contributed by atoms with Crippen LogP contribution in [0.25, 0.3) is 0 Å². The van der Waals surface area contributed by atoms with E-state index in [2.05, 4.69) is 10.6 Å². The second-order valence-electron chi connectivity index (χ2n) is 8.50. The van der Waals surface area contributed by atoms with Gasteiger partial charge in [0.2, 0.25) is 12.7 Å². The van der Waals surface area contributed by atoms with E-state index in [0.717, 1.165) is 10.5 Å². The SMILES string of the molecule is Cc1ccc(Oc2ccc(NC(=O)CN3C(=O)N[C@](C)(c4ccc5c(c4)OCO5)C3=O)cc2)cc1. The molecule has 0 saturated carbocycles. The third-order valence-electron chi connectivity index (χ3n) is 5.92. The predicted molar refractivity (Wildman–Crippen MR) is 126 cm³/mol. The maximum Gasteiger partial charge on any atom is 0.325 e. The van der Waals surface area contributed by atoms with Crippen LogP contribution in [0.4, 0.5) is 10.5 Å². The van der Waals surface area contributed by atoms with Crippen LogP contribution in [0.2, 0.25) is 0 Å². The van der Waals surface area contributed by atoms with Crippen LogP contribution < -0.4 is 24.8 Å². The number of fused-ring (bicyclic) bond motifs is 1. The summed E-state index contributed by atoms with van der Waals surface area (Å²) < 4.78 is 16.5. The van der Waals surface area contributed by atoms with E-state index in [1.165, 1.54) is 0 Å². The zero-order valence-electron chi connectivity index (χ0n) is 19.2. The molecule has 0 aliphatic carbocycles. The highest BCUT2D eigenvalue weighted by Crippen LogP contribution is 2.37. The number of amides is 4. The molecule has 3 aromatic carbocycles. The second kappa shape index (κ2) is 8.68. The van der Waals surface area contributed by atoms with Gasteiger partial charge in [0.15, 0.2) is 11.5 Å². The Morgan fingerprint density at radius 1 is 1.00 bits per heavy atom. The monoisotopic (exact) mass is 473 g/mol. The molecule has 9 nitrogen and oxygen atoms in total. The summed E-state index contributed by atoms with van der Waals surface area (Å²) in [7, 11) is 0. The van der Waals surface area contributed by atoms with Crippen molar-refractivity contribution in [2.24, 2.45) is 0 Å². The number of anilines is 1. The van der Waals surface area contributed by atoms with Gasteiger partial charge in [0.25, 0.3) is 5.91 Å². The number of hydrogen-bond donors (Lipinski definition) is 2. The molecular formula is C26H23N3O6. The van der Waals surface area contributed by atoms with Gasteiger partial charge in [-0.1, -0.05) is 23.8 Å². The van der Waals surface area contributed by atoms with Crippen LogP contribution in [0.5, 0.6) is 23.0 Å². The van der Waals surface area contributed by atoms with Gasteiger partial charge in [-0.25, -0.2) is 4.79 Å². The van der Waals surface area contributed by atoms with Crippen LogP contribution >= 0.6 is 0 Å². The highest BCUT2D eigenvalue weighted by molar-refractivity contribution is 6.10. The van der Waals surface area contributed by atoms with Crippen molar-refractivity contribution in [2.45, 2.75) is 19.4 Å². The number of imide groups is 1. The molecule has 1 fully saturated rings. The standard InChI is InChI=1S/C26H23N3O6/c1-16-3-8-19(9-4-16)35-20-10-6-18(7-11-20)27-23(30)14-29-24(31)26(2,28-25(29)32)17-5-12-21-22(13-17)34-15-33-21/h3-13H,14-15H2,1-2H3,(H,27,30)(H,28,32)/t26-/m1/s1. The minimum Gasteiger partial charge on any atom is -0.457 e. The fourth-order valence-corrected chi connectivity index (χ4v) is 3.94. The molecule has 0 unspecified atom stereocenters. The fourth-order valence-electron chi connectivity index (χ4n) is 3.94. The Balaban J connectivity index is 1.22. The van der Waals surface area contributed by atoms with Gasteiger partial charge in [0.1, 0.15) is 23.6 Å². The number of aryl methyl sites for hydroxylation is 1. The Bertz CT molecular complexity index is 1310. The summed E-state index contributed by atoms with van der Waals surface area (Å²) in [4.78, 5) is 39.2. The molecule has 3 aromatic rings. The topological polar surface area (TPSA) is 106 Å². The van der Waals surface area contributed by atoms with Crippen molar-refractivity contribution in [1.82, 2.24) is 10.2 Å². The average molecular weight is 473 g/mol. The quantitative estimate of drug-likeness (QED) is 0.526. The van der Waals surface area contributed by atoms with Crippen LogP contribution in [0.3, 0.4) is 0 Å². The number of hydrogen-bond acceptors (Lipinski definition) is 6. The van der Waals surface area contributed by atoms with E-state index < -0.39 is 29.9 Å². The number of carbonyl (C=O) groups excluding carboxylic acids is 3. The second-order valence-corrected chi connectivity index (χ2v) is 8.50. The van der Waals surface area contributed by atoms with Crippen LogP contribution in [0.1, 0.15) is 18.1 Å². The Kier molecular flexibility index (Phi) is 5.52. The van der Waals surface area contributed by atoms with E-state index in [1.807, 2.05) is 31.2 Å². The van der Waals surface area contributed by atoms with Crippen molar-refractivity contribution < 1.29 is 28.6 Å². The summed E-state index contributed by atoms with van der Waals surface area (Å²) in [6, 6.07) is 18.9. The molecule has 2 aliphatic heterocycles. The number of benzene rings is 3. The molecule has 0 spiro atoms. The van der Waals surface area contributed by atoms with Gasteiger partial charge < -0.3 is 24.8 Å². The van der Waals surface area contributed by atoms with E-state index >= 15 is 0 Å². The van der Waals surface area contributed by atoms with Gasteiger partial charge in [-0.2, -0.15) is 0 Å². The lowest BCUT2D eigenvalue weighted by atomic mass is 9.91. The molecule has 9 heteroatoms. The number of nitrogens with one attached hydrogen (secondary N) is 2. The van der Waals surface area contributed by atoms with E-state index in [9.17, 15) is 14.4 Å². The highest BCUT2D eigenvalue weighted by Gasteiger charge is 2.49. The fraction of sp³-hybridized carbons (Fsp3) is 0.192. The largest absolute Gasteiger partial charge is 0.457 e. The molecule has 0 aromatic heterocycles. The third-order valence-corrected chi connectivity index (χ3v) is 5.92. The van der Waals surface area contributed by atoms with E-state index in [-0.39, 0.29) is 6.79 Å². The van der Waals surface area contributed by atoms with Crippen molar-refractivity contribution in [3.05, 3.63) is 77.9 Å². The number of carbonyl (C=O) groups is 3. The lowest BCUT2D eigenvalue weighted by molar-refractivity contribution is -0.133. The van der Waals surface area contributed by atoms with E-state index in [1.54, 1.807) is 49.4 Å². The number of nitrogens with zero attached hydrogens (tertiary/aromatic N) is 1. The molecule has 1 atom stereocenters. The summed E-state index contributed by atoms with van der Waals surface area (Å²) in [6.45, 7) is 3.27. The van der Waals surface area contributed by atoms with Gasteiger partial charge in [0.05, 0.1) is 0 Å².